The van der Waals surface area contributed by atoms with E-state index in [-0.39, 0.29) is 42.4 Å². The van der Waals surface area contributed by atoms with Gasteiger partial charge < -0.3 is 21.4 Å². The molecule has 98 valence electrons. The molecule has 17 heavy (non-hydrogen) atoms. The molecule has 5 N–H and O–H groups in total. The summed E-state index contributed by atoms with van der Waals surface area (Å²) in [5.74, 6) is 0. The Balaban J connectivity index is 0. The SMILES string of the molecule is CN(C)C1=CC2=NC(=O)NC2=CC1N.Cl.Cl.O. The summed E-state index contributed by atoms with van der Waals surface area (Å²) in [6, 6.07) is -0.507. The molecule has 1 unspecified atom stereocenters. The molecule has 8 heteroatoms. The van der Waals surface area contributed by atoms with Gasteiger partial charge in [0.15, 0.2) is 0 Å². The van der Waals surface area contributed by atoms with E-state index in [0.717, 1.165) is 5.70 Å². The van der Waals surface area contributed by atoms with Crippen LogP contribution < -0.4 is 11.1 Å². The first-order valence-corrected chi connectivity index (χ1v) is 4.34. The molecule has 0 fully saturated rings. The standard InChI is InChI=1S/C9H12N4O.2ClH.H2O/c1-13(2)8-4-7-6(3-5(8)10)11-9(14)12-7;;;/h3-5H,10H2,1-2H3,(H,11,14);2*1H;1H2. The average molecular weight is 283 g/mol. The van der Waals surface area contributed by atoms with Gasteiger partial charge in [-0.3, -0.25) is 0 Å². The van der Waals surface area contributed by atoms with Crippen molar-refractivity contribution in [3.8, 4) is 0 Å². The first-order chi connectivity index (χ1) is 6.58. The Labute approximate surface area is 112 Å². The Morgan fingerprint density at radius 2 is 2.00 bits per heavy atom. The summed E-state index contributed by atoms with van der Waals surface area (Å²) in [4.78, 5) is 16.7. The molecule has 2 aliphatic rings. The van der Waals surface area contributed by atoms with Crippen LogP contribution in [0.1, 0.15) is 0 Å². The first-order valence-electron chi connectivity index (χ1n) is 4.34. The molecule has 1 heterocycles. The van der Waals surface area contributed by atoms with Crippen LogP contribution in [0, 0.1) is 0 Å². The zero-order valence-corrected chi connectivity index (χ0v) is 11.1. The third-order valence-corrected chi connectivity index (χ3v) is 2.23. The van der Waals surface area contributed by atoms with Crippen LogP contribution in [0.2, 0.25) is 0 Å². The van der Waals surface area contributed by atoms with Crippen LogP contribution in [-0.4, -0.2) is 42.3 Å². The maximum atomic E-state index is 11.0. The fourth-order valence-electron chi connectivity index (χ4n) is 1.54. The minimum absolute atomic E-state index is 0. The lowest BCUT2D eigenvalue weighted by Gasteiger charge is -2.24. The number of nitrogens with zero attached hydrogens (tertiary/aromatic N) is 2. The number of nitrogens with one attached hydrogen (secondary N) is 1. The highest BCUT2D eigenvalue weighted by Gasteiger charge is 2.25. The zero-order chi connectivity index (χ0) is 10.3. The molecule has 0 bridgehead atoms. The van der Waals surface area contributed by atoms with E-state index < -0.39 is 0 Å². The smallest absolute Gasteiger partial charge is 0.346 e. The number of carbonyl (C=O) groups excluding carboxylic acids is 1. The summed E-state index contributed by atoms with van der Waals surface area (Å²) < 4.78 is 0. The number of aliphatic imine (C=N–C) groups is 1. The number of amides is 2. The Morgan fingerprint density at radius 1 is 1.41 bits per heavy atom. The Hall–Kier alpha value is -1.08. The molecule has 6 nitrogen and oxygen atoms in total. The Kier molecular flexibility index (Phi) is 7.11. The number of urea groups is 1. The molecule has 0 saturated carbocycles. The fourth-order valence-corrected chi connectivity index (χ4v) is 1.54. The first kappa shape index (κ1) is 18.3. The van der Waals surface area contributed by atoms with Gasteiger partial charge in [-0.15, -0.1) is 24.8 Å². The number of nitrogens with two attached hydrogens (primary N) is 1. The molecule has 0 spiro atoms. The maximum absolute atomic E-state index is 11.0. The van der Waals surface area contributed by atoms with Crippen molar-refractivity contribution in [2.45, 2.75) is 6.04 Å². The quantitative estimate of drug-likeness (QED) is 0.699. The van der Waals surface area contributed by atoms with E-state index in [1.165, 1.54) is 0 Å². The van der Waals surface area contributed by atoms with Crippen molar-refractivity contribution in [3.05, 3.63) is 23.5 Å². The van der Waals surface area contributed by atoms with E-state index in [1.54, 1.807) is 6.08 Å². The number of allylic oxidation sites excluding steroid dienone is 1. The average Bonchev–Trinajstić information content (AvgIpc) is 2.42. The van der Waals surface area contributed by atoms with Gasteiger partial charge >= 0.3 is 6.03 Å². The molecule has 2 rings (SSSR count). The van der Waals surface area contributed by atoms with E-state index in [1.807, 2.05) is 25.1 Å². The summed E-state index contributed by atoms with van der Waals surface area (Å²) in [5.41, 5.74) is 8.22. The number of likely N-dealkylation sites (N-methyl/N-ethyl adjacent to an activating group) is 1. The molecule has 1 aliphatic carbocycles. The van der Waals surface area contributed by atoms with E-state index in [9.17, 15) is 4.79 Å². The normalized spacial score (nSPS) is 20.3. The van der Waals surface area contributed by atoms with E-state index >= 15 is 0 Å². The minimum Gasteiger partial charge on any atom is -0.412 e. The fraction of sp³-hybridized carbons (Fsp3) is 0.333. The van der Waals surface area contributed by atoms with Gasteiger partial charge in [0.2, 0.25) is 0 Å². The topological polar surface area (TPSA) is 102 Å². The lowest BCUT2D eigenvalue weighted by molar-refractivity contribution is 0.253. The summed E-state index contributed by atoms with van der Waals surface area (Å²) in [6.07, 6.45) is 3.64. The molecule has 0 radical (unpaired) electrons. The van der Waals surface area contributed by atoms with Crippen LogP contribution >= 0.6 is 24.8 Å². The molecular formula is C9H16Cl2N4O2. The van der Waals surface area contributed by atoms with Crippen molar-refractivity contribution in [1.29, 1.82) is 0 Å². The van der Waals surface area contributed by atoms with Gasteiger partial charge in [0.05, 0.1) is 17.5 Å². The van der Waals surface area contributed by atoms with Gasteiger partial charge in [0.1, 0.15) is 0 Å². The molecular weight excluding hydrogens is 267 g/mol. The van der Waals surface area contributed by atoms with Gasteiger partial charge in [-0.2, -0.15) is 4.99 Å². The largest absolute Gasteiger partial charge is 0.412 e. The number of fused-ring (bicyclic) bond motifs is 1. The Morgan fingerprint density at radius 3 is 2.53 bits per heavy atom. The second kappa shape index (κ2) is 6.61. The van der Waals surface area contributed by atoms with Crippen molar-refractivity contribution in [2.24, 2.45) is 10.7 Å². The molecule has 0 aromatic carbocycles. The van der Waals surface area contributed by atoms with Gasteiger partial charge in [0.25, 0.3) is 0 Å². The number of halogens is 2. The van der Waals surface area contributed by atoms with Crippen molar-refractivity contribution < 1.29 is 10.3 Å². The van der Waals surface area contributed by atoms with Crippen molar-refractivity contribution in [1.82, 2.24) is 10.2 Å². The van der Waals surface area contributed by atoms with Gasteiger partial charge in [-0.1, -0.05) is 0 Å². The summed E-state index contributed by atoms with van der Waals surface area (Å²) in [6.45, 7) is 0. The van der Waals surface area contributed by atoms with E-state index in [2.05, 4.69) is 10.3 Å². The molecule has 0 aromatic rings. The predicted molar refractivity (Wildman–Crippen MR) is 71.9 cm³/mol. The van der Waals surface area contributed by atoms with E-state index in [0.29, 0.717) is 11.4 Å². The van der Waals surface area contributed by atoms with Crippen molar-refractivity contribution in [3.63, 3.8) is 0 Å². The third-order valence-electron chi connectivity index (χ3n) is 2.23. The second-order valence-corrected chi connectivity index (χ2v) is 3.50. The van der Waals surface area contributed by atoms with Crippen LogP contribution in [0.4, 0.5) is 4.79 Å². The summed E-state index contributed by atoms with van der Waals surface area (Å²) in [5, 5.41) is 2.62. The van der Waals surface area contributed by atoms with Crippen molar-refractivity contribution >= 4 is 36.6 Å². The maximum Gasteiger partial charge on any atom is 0.346 e. The zero-order valence-electron chi connectivity index (χ0n) is 9.43. The number of rotatable bonds is 1. The molecule has 0 aromatic heterocycles. The minimum atomic E-state index is -0.324. The van der Waals surface area contributed by atoms with E-state index in [4.69, 9.17) is 5.73 Å². The highest BCUT2D eigenvalue weighted by molar-refractivity contribution is 6.19. The number of hydrogen-bond donors (Lipinski definition) is 2. The molecule has 0 saturated heterocycles. The highest BCUT2D eigenvalue weighted by atomic mass is 35.5. The Bertz CT molecular complexity index is 390. The monoisotopic (exact) mass is 282 g/mol. The number of hydrogen-bond acceptors (Lipinski definition) is 3. The lowest BCUT2D eigenvalue weighted by atomic mass is 10.0. The predicted octanol–water partition coefficient (Wildman–Crippen LogP) is -0.160. The van der Waals surface area contributed by atoms with Crippen LogP contribution in [0.5, 0.6) is 0 Å². The number of carbonyl (C=O) groups is 1. The van der Waals surface area contributed by atoms with Crippen molar-refractivity contribution in [2.75, 3.05) is 14.1 Å². The van der Waals surface area contributed by atoms with Crippen LogP contribution in [0.15, 0.2) is 28.5 Å². The van der Waals surface area contributed by atoms with Gasteiger partial charge in [-0.25, -0.2) is 4.79 Å². The van der Waals surface area contributed by atoms with Crippen LogP contribution in [0.3, 0.4) is 0 Å². The van der Waals surface area contributed by atoms with Gasteiger partial charge in [-0.05, 0) is 12.2 Å². The van der Waals surface area contributed by atoms with Crippen LogP contribution in [-0.2, 0) is 0 Å². The highest BCUT2D eigenvalue weighted by Crippen LogP contribution is 2.18. The lowest BCUT2D eigenvalue weighted by Crippen LogP contribution is -2.34. The molecule has 2 amide bonds. The third kappa shape index (κ3) is 3.44. The molecule has 1 atom stereocenters. The second-order valence-electron chi connectivity index (χ2n) is 3.50. The summed E-state index contributed by atoms with van der Waals surface area (Å²) >= 11 is 0. The summed E-state index contributed by atoms with van der Waals surface area (Å²) in [7, 11) is 3.82. The van der Waals surface area contributed by atoms with Crippen LogP contribution in [0.25, 0.3) is 0 Å². The molecule has 1 aliphatic heterocycles. The van der Waals surface area contributed by atoms with Gasteiger partial charge in [0, 0.05) is 19.8 Å².